The Balaban J connectivity index is 3.27. The first-order valence-electron chi connectivity index (χ1n) is 7.52. The Hall–Kier alpha value is -0.730. The van der Waals surface area contributed by atoms with E-state index in [2.05, 4.69) is 20.8 Å². The van der Waals surface area contributed by atoms with Crippen LogP contribution in [0.4, 0.5) is 13.2 Å². The van der Waals surface area contributed by atoms with Gasteiger partial charge in [0, 0.05) is 6.42 Å². The van der Waals surface area contributed by atoms with Crippen LogP contribution in [0.3, 0.4) is 0 Å². The summed E-state index contributed by atoms with van der Waals surface area (Å²) >= 11 is 0. The molecule has 116 valence electrons. The van der Waals surface area contributed by atoms with Gasteiger partial charge in [-0.2, -0.15) is 0 Å². The molecule has 1 aliphatic carbocycles. The lowest BCUT2D eigenvalue weighted by Gasteiger charge is -2.36. The van der Waals surface area contributed by atoms with Crippen LogP contribution in [0.2, 0.25) is 0 Å². The smallest absolute Gasteiger partial charge is 0.190 e. The zero-order chi connectivity index (χ0) is 15.7. The van der Waals surface area contributed by atoms with Gasteiger partial charge in [0.1, 0.15) is 5.83 Å². The van der Waals surface area contributed by atoms with Crippen LogP contribution in [0.25, 0.3) is 0 Å². The van der Waals surface area contributed by atoms with Crippen molar-refractivity contribution >= 4 is 0 Å². The molecule has 0 bridgehead atoms. The van der Waals surface area contributed by atoms with E-state index in [4.69, 9.17) is 0 Å². The van der Waals surface area contributed by atoms with Crippen LogP contribution >= 0.6 is 0 Å². The molecule has 0 saturated carbocycles. The lowest BCUT2D eigenvalue weighted by molar-refractivity contribution is 0.243. The molecule has 0 heterocycles. The molecule has 0 N–H and O–H groups in total. The van der Waals surface area contributed by atoms with E-state index in [9.17, 15) is 13.2 Å². The molecule has 0 nitrogen and oxygen atoms in total. The minimum Gasteiger partial charge on any atom is -0.208 e. The molecule has 2 unspecified atom stereocenters. The van der Waals surface area contributed by atoms with Crippen LogP contribution in [-0.2, 0) is 0 Å². The van der Waals surface area contributed by atoms with Crippen molar-refractivity contribution in [3.05, 3.63) is 23.1 Å². The van der Waals surface area contributed by atoms with Crippen molar-refractivity contribution in [1.29, 1.82) is 0 Å². The summed E-state index contributed by atoms with van der Waals surface area (Å²) in [5, 5.41) is 0. The Kier molecular flexibility index (Phi) is 5.51. The molecule has 0 amide bonds. The monoisotopic (exact) mass is 288 g/mol. The maximum Gasteiger partial charge on any atom is 0.190 e. The first-order valence-corrected chi connectivity index (χ1v) is 7.52. The Bertz CT molecular complexity index is 410. The summed E-state index contributed by atoms with van der Waals surface area (Å²) in [5.41, 5.74) is 0.521. The molecule has 1 aliphatic rings. The largest absolute Gasteiger partial charge is 0.208 e. The fourth-order valence-electron chi connectivity index (χ4n) is 3.04. The molecule has 0 aliphatic heterocycles. The van der Waals surface area contributed by atoms with Crippen LogP contribution in [0.1, 0.15) is 60.8 Å². The van der Waals surface area contributed by atoms with Gasteiger partial charge in [0.25, 0.3) is 0 Å². The highest BCUT2D eigenvalue weighted by atomic mass is 19.2. The molecule has 2 atom stereocenters. The van der Waals surface area contributed by atoms with Gasteiger partial charge >= 0.3 is 0 Å². The maximum atomic E-state index is 14.3. The van der Waals surface area contributed by atoms with Crippen molar-refractivity contribution in [2.24, 2.45) is 23.2 Å². The van der Waals surface area contributed by atoms with Crippen molar-refractivity contribution in [2.75, 3.05) is 0 Å². The molecule has 3 heteroatoms. The van der Waals surface area contributed by atoms with Crippen LogP contribution in [0.15, 0.2) is 23.1 Å². The summed E-state index contributed by atoms with van der Waals surface area (Å²) in [4.78, 5) is 0. The van der Waals surface area contributed by atoms with E-state index in [1.807, 2.05) is 20.8 Å². The summed E-state index contributed by atoms with van der Waals surface area (Å²) < 4.78 is 41.5. The van der Waals surface area contributed by atoms with Gasteiger partial charge in [-0.15, -0.1) is 0 Å². The predicted molar refractivity (Wildman–Crippen MR) is 78.2 cm³/mol. The highest BCUT2D eigenvalue weighted by Gasteiger charge is 2.36. The van der Waals surface area contributed by atoms with E-state index < -0.39 is 17.5 Å². The van der Waals surface area contributed by atoms with Crippen LogP contribution < -0.4 is 0 Å². The Morgan fingerprint density at radius 1 is 1.10 bits per heavy atom. The van der Waals surface area contributed by atoms with Crippen molar-refractivity contribution in [1.82, 2.24) is 0 Å². The molecule has 0 spiro atoms. The maximum absolute atomic E-state index is 14.3. The second-order valence-electron chi connectivity index (χ2n) is 7.41. The van der Waals surface area contributed by atoms with Gasteiger partial charge in [-0.3, -0.25) is 0 Å². The van der Waals surface area contributed by atoms with Crippen molar-refractivity contribution in [2.45, 2.75) is 60.8 Å². The molecule has 0 aromatic rings. The number of hydrogen-bond acceptors (Lipinski definition) is 0. The van der Waals surface area contributed by atoms with E-state index in [0.717, 1.165) is 6.42 Å². The standard InChI is InChI=1S/C17H27F3/c1-7-11-8-13(18)15(19)16(20)14(11)12(10(2)3)9-17(4,5)6/h10-12H,7-9H2,1-6H3. The Labute approximate surface area is 121 Å². The summed E-state index contributed by atoms with van der Waals surface area (Å²) in [7, 11) is 0. The van der Waals surface area contributed by atoms with E-state index in [1.165, 1.54) is 0 Å². The third-order valence-corrected chi connectivity index (χ3v) is 4.08. The van der Waals surface area contributed by atoms with E-state index in [-0.39, 0.29) is 29.6 Å². The molecule has 0 aromatic heterocycles. The highest BCUT2D eigenvalue weighted by molar-refractivity contribution is 5.35. The van der Waals surface area contributed by atoms with Crippen molar-refractivity contribution in [3.63, 3.8) is 0 Å². The van der Waals surface area contributed by atoms with E-state index >= 15 is 0 Å². The minimum atomic E-state index is -1.27. The van der Waals surface area contributed by atoms with E-state index in [0.29, 0.717) is 12.0 Å². The minimum absolute atomic E-state index is 0.00154. The normalized spacial score (nSPS) is 22.8. The van der Waals surface area contributed by atoms with Crippen molar-refractivity contribution < 1.29 is 13.2 Å². The van der Waals surface area contributed by atoms with Crippen LogP contribution in [-0.4, -0.2) is 0 Å². The molecular weight excluding hydrogens is 261 g/mol. The second-order valence-corrected chi connectivity index (χ2v) is 7.41. The summed E-state index contributed by atoms with van der Waals surface area (Å²) in [5.74, 6) is -3.20. The second kappa shape index (κ2) is 6.36. The molecule has 20 heavy (non-hydrogen) atoms. The quantitative estimate of drug-likeness (QED) is 0.554. The number of halogens is 3. The first-order chi connectivity index (χ1) is 9.08. The summed E-state index contributed by atoms with van der Waals surface area (Å²) in [6.07, 6.45) is 1.41. The number of allylic oxidation sites excluding steroid dienone is 4. The Morgan fingerprint density at radius 3 is 2.05 bits per heavy atom. The predicted octanol–water partition coefficient (Wildman–Crippen LogP) is 6.50. The van der Waals surface area contributed by atoms with Gasteiger partial charge in [0.05, 0.1) is 0 Å². The van der Waals surface area contributed by atoms with E-state index in [1.54, 1.807) is 0 Å². The summed E-state index contributed by atoms with van der Waals surface area (Å²) in [6, 6.07) is 0. The van der Waals surface area contributed by atoms with Gasteiger partial charge in [-0.05, 0) is 41.6 Å². The average Bonchev–Trinajstić information content (AvgIpc) is 2.32. The fourth-order valence-corrected chi connectivity index (χ4v) is 3.04. The zero-order valence-corrected chi connectivity index (χ0v) is 13.5. The van der Waals surface area contributed by atoms with Gasteiger partial charge in [0.15, 0.2) is 11.7 Å². The average molecular weight is 288 g/mol. The zero-order valence-electron chi connectivity index (χ0n) is 13.5. The Morgan fingerprint density at radius 2 is 1.65 bits per heavy atom. The lowest BCUT2D eigenvalue weighted by Crippen LogP contribution is -2.26. The lowest BCUT2D eigenvalue weighted by atomic mass is 9.70. The topological polar surface area (TPSA) is 0 Å². The highest BCUT2D eigenvalue weighted by Crippen LogP contribution is 2.46. The molecule has 0 saturated heterocycles. The molecule has 0 radical (unpaired) electrons. The molecule has 0 aromatic carbocycles. The van der Waals surface area contributed by atoms with Crippen LogP contribution in [0, 0.1) is 23.2 Å². The third kappa shape index (κ3) is 3.89. The molecule has 0 fully saturated rings. The SMILES string of the molecule is CCC1CC(F)=C(F)C(F)=C1C(CC(C)(C)C)C(C)C. The number of rotatable bonds is 4. The third-order valence-electron chi connectivity index (χ3n) is 4.08. The molecular formula is C17H27F3. The van der Waals surface area contributed by atoms with Gasteiger partial charge < -0.3 is 0 Å². The van der Waals surface area contributed by atoms with Crippen LogP contribution in [0.5, 0.6) is 0 Å². The fraction of sp³-hybridized carbons (Fsp3) is 0.765. The molecule has 1 rings (SSSR count). The van der Waals surface area contributed by atoms with Gasteiger partial charge in [0.2, 0.25) is 0 Å². The van der Waals surface area contributed by atoms with Crippen molar-refractivity contribution in [3.8, 4) is 0 Å². The first kappa shape index (κ1) is 17.3. The summed E-state index contributed by atoms with van der Waals surface area (Å²) in [6.45, 7) is 12.2. The van der Waals surface area contributed by atoms with Gasteiger partial charge in [-0.1, -0.05) is 41.5 Å². The number of hydrogen-bond donors (Lipinski definition) is 0. The van der Waals surface area contributed by atoms with Gasteiger partial charge in [-0.25, -0.2) is 13.2 Å².